The lowest BCUT2D eigenvalue weighted by atomic mass is 10.1. The van der Waals surface area contributed by atoms with Crippen LogP contribution in [0.2, 0.25) is 0 Å². The van der Waals surface area contributed by atoms with Crippen LogP contribution in [0.3, 0.4) is 0 Å². The molecule has 0 aliphatic heterocycles. The molecule has 8 heteroatoms. The number of aromatic hydroxyl groups is 2. The van der Waals surface area contributed by atoms with Gasteiger partial charge in [-0.15, -0.1) is 11.8 Å². The highest BCUT2D eigenvalue weighted by molar-refractivity contribution is 7.99. The molecule has 0 saturated carbocycles. The predicted octanol–water partition coefficient (Wildman–Crippen LogP) is 3.71. The maximum atomic E-state index is 11.8. The second kappa shape index (κ2) is 8.68. The van der Waals surface area contributed by atoms with Crippen LogP contribution in [0.25, 0.3) is 10.9 Å². The Kier molecular flexibility index (Phi) is 6.08. The normalized spacial score (nSPS) is 10.9. The summed E-state index contributed by atoms with van der Waals surface area (Å²) in [5.74, 6) is 0.703. The van der Waals surface area contributed by atoms with Crippen LogP contribution in [0.15, 0.2) is 41.3 Å². The number of fused-ring (bicyclic) bond motifs is 1. The fourth-order valence-electron chi connectivity index (χ4n) is 2.59. The van der Waals surface area contributed by atoms with E-state index in [2.05, 4.69) is 14.9 Å². The first kappa shape index (κ1) is 18.9. The fraction of sp³-hybridized carbons (Fsp3) is 0.263. The lowest BCUT2D eigenvalue weighted by molar-refractivity contribution is 0.0596. The number of aromatic nitrogens is 2. The molecule has 0 fully saturated rings. The molecule has 27 heavy (non-hydrogen) atoms. The van der Waals surface area contributed by atoms with Crippen molar-refractivity contribution in [3.63, 3.8) is 0 Å². The lowest BCUT2D eigenvalue weighted by Crippen LogP contribution is -2.02. The molecule has 0 radical (unpaired) electrons. The number of rotatable bonds is 8. The molecule has 142 valence electrons. The summed E-state index contributed by atoms with van der Waals surface area (Å²) in [5, 5.41) is 27.2. The van der Waals surface area contributed by atoms with Gasteiger partial charge in [-0.1, -0.05) is 18.2 Å². The van der Waals surface area contributed by atoms with Gasteiger partial charge in [-0.25, -0.2) is 4.79 Å². The maximum absolute atomic E-state index is 11.8. The van der Waals surface area contributed by atoms with Crippen molar-refractivity contribution in [2.45, 2.75) is 17.7 Å². The molecule has 2 aromatic carbocycles. The van der Waals surface area contributed by atoms with Crippen molar-refractivity contribution in [3.8, 4) is 17.2 Å². The van der Waals surface area contributed by atoms with E-state index in [1.54, 1.807) is 0 Å². The molecule has 0 unspecified atom stereocenters. The van der Waals surface area contributed by atoms with Crippen LogP contribution < -0.4 is 4.74 Å². The lowest BCUT2D eigenvalue weighted by Gasteiger charge is -2.08. The summed E-state index contributed by atoms with van der Waals surface area (Å²) in [4.78, 5) is 12.3. The van der Waals surface area contributed by atoms with Crippen LogP contribution in [-0.4, -0.2) is 45.8 Å². The number of ether oxygens (including phenoxy) is 2. The second-order valence-electron chi connectivity index (χ2n) is 5.77. The van der Waals surface area contributed by atoms with Crippen LogP contribution in [0.1, 0.15) is 23.3 Å². The molecule has 0 saturated heterocycles. The molecular formula is C19H20N2O5S. The van der Waals surface area contributed by atoms with Gasteiger partial charge >= 0.3 is 5.97 Å². The number of benzene rings is 2. The first-order valence-corrected chi connectivity index (χ1v) is 9.42. The molecule has 0 aliphatic rings. The minimum absolute atomic E-state index is 0.0130. The molecule has 1 aromatic heterocycles. The van der Waals surface area contributed by atoms with Gasteiger partial charge in [-0.2, -0.15) is 5.10 Å². The Balaban J connectivity index is 1.60. The Hall–Kier alpha value is -2.87. The zero-order chi connectivity index (χ0) is 19.2. The van der Waals surface area contributed by atoms with E-state index in [1.165, 1.54) is 24.9 Å². The minimum atomic E-state index is -0.660. The zero-order valence-electron chi connectivity index (χ0n) is 14.8. The molecule has 3 rings (SSSR count). The van der Waals surface area contributed by atoms with Crippen molar-refractivity contribution < 1.29 is 24.5 Å². The molecule has 7 nitrogen and oxygen atoms in total. The third-order valence-electron chi connectivity index (χ3n) is 3.94. The van der Waals surface area contributed by atoms with Crippen molar-refractivity contribution in [1.82, 2.24) is 10.2 Å². The Morgan fingerprint density at radius 2 is 2.00 bits per heavy atom. The molecule has 3 aromatic rings. The molecular weight excluding hydrogens is 368 g/mol. The summed E-state index contributed by atoms with van der Waals surface area (Å²) in [5.41, 5.74) is 0.146. The number of methoxy groups -OCH3 is 1. The number of hydrogen-bond donors (Lipinski definition) is 3. The average molecular weight is 388 g/mol. The average Bonchev–Trinajstić information content (AvgIpc) is 3.14. The molecule has 0 aliphatic carbocycles. The van der Waals surface area contributed by atoms with E-state index in [1.807, 2.05) is 30.3 Å². The van der Waals surface area contributed by atoms with Gasteiger partial charge in [-0.05, 0) is 36.8 Å². The van der Waals surface area contributed by atoms with Gasteiger partial charge < -0.3 is 19.7 Å². The zero-order valence-corrected chi connectivity index (χ0v) is 15.6. The second-order valence-corrected chi connectivity index (χ2v) is 6.91. The number of H-pyrrole nitrogens is 1. The topological polar surface area (TPSA) is 105 Å². The Labute approximate surface area is 160 Å². The van der Waals surface area contributed by atoms with Gasteiger partial charge in [0.2, 0.25) is 0 Å². The van der Waals surface area contributed by atoms with Crippen LogP contribution >= 0.6 is 11.8 Å². The van der Waals surface area contributed by atoms with Crippen molar-refractivity contribution in [2.75, 3.05) is 19.5 Å². The fourth-order valence-corrected chi connectivity index (χ4v) is 3.60. The smallest absolute Gasteiger partial charge is 0.356 e. The molecule has 3 N–H and O–H groups in total. The summed E-state index contributed by atoms with van der Waals surface area (Å²) in [6.45, 7) is 0.606. The van der Waals surface area contributed by atoms with Crippen LogP contribution in [0.4, 0.5) is 0 Å². The van der Waals surface area contributed by atoms with Gasteiger partial charge in [0.25, 0.3) is 0 Å². The van der Waals surface area contributed by atoms with E-state index in [9.17, 15) is 15.0 Å². The number of nitrogens with zero attached hydrogens (tertiary/aromatic N) is 1. The summed E-state index contributed by atoms with van der Waals surface area (Å²) in [6, 6.07) is 11.1. The number of esters is 1. The van der Waals surface area contributed by atoms with Crippen LogP contribution in [0, 0.1) is 0 Å². The number of hydrogen-bond acceptors (Lipinski definition) is 7. The van der Waals surface area contributed by atoms with E-state index in [4.69, 9.17) is 4.74 Å². The number of nitrogens with one attached hydrogen (secondary N) is 1. The van der Waals surface area contributed by atoms with Gasteiger partial charge in [0.15, 0.2) is 5.69 Å². The quantitative estimate of drug-likeness (QED) is 0.234. The minimum Gasteiger partial charge on any atom is -0.506 e. The number of thioether (sulfide) groups is 1. The molecule has 0 amide bonds. The first-order valence-electron chi connectivity index (χ1n) is 8.43. The highest BCUT2D eigenvalue weighted by Crippen LogP contribution is 2.41. The summed E-state index contributed by atoms with van der Waals surface area (Å²) in [7, 11) is 1.24. The van der Waals surface area contributed by atoms with Crippen molar-refractivity contribution in [2.24, 2.45) is 0 Å². The Morgan fingerprint density at radius 3 is 2.74 bits per heavy atom. The number of aromatic amines is 1. The van der Waals surface area contributed by atoms with E-state index in [0.717, 1.165) is 24.3 Å². The Morgan fingerprint density at radius 1 is 1.22 bits per heavy atom. The largest absolute Gasteiger partial charge is 0.506 e. The number of carbonyl (C=O) groups is 1. The summed E-state index contributed by atoms with van der Waals surface area (Å²) >= 11 is 1.39. The van der Waals surface area contributed by atoms with Crippen molar-refractivity contribution >= 4 is 28.6 Å². The van der Waals surface area contributed by atoms with Crippen molar-refractivity contribution in [1.29, 1.82) is 0 Å². The van der Waals surface area contributed by atoms with Gasteiger partial charge in [0, 0.05) is 0 Å². The third kappa shape index (κ3) is 4.28. The molecule has 1 heterocycles. The highest BCUT2D eigenvalue weighted by Gasteiger charge is 2.22. The van der Waals surface area contributed by atoms with E-state index < -0.39 is 5.97 Å². The number of phenolic OH excluding ortho intramolecular Hbond substituents is 2. The number of para-hydroxylation sites is 1. The standard InChI is InChI=1S/C19H20N2O5S/c1-25-19(24)17-15-16(20-21-17)13(22)11-14(18(15)23)27-10-6-5-9-26-12-7-3-2-4-8-12/h2-4,7-8,11,22-23H,5-6,9-10H2,1H3,(H,20,21). The third-order valence-corrected chi connectivity index (χ3v) is 5.06. The van der Waals surface area contributed by atoms with Crippen LogP contribution in [0.5, 0.6) is 17.2 Å². The van der Waals surface area contributed by atoms with E-state index in [-0.39, 0.29) is 28.1 Å². The monoisotopic (exact) mass is 388 g/mol. The summed E-state index contributed by atoms with van der Waals surface area (Å²) < 4.78 is 10.3. The van der Waals surface area contributed by atoms with Crippen LogP contribution in [-0.2, 0) is 4.74 Å². The molecule has 0 spiro atoms. The van der Waals surface area contributed by atoms with Crippen molar-refractivity contribution in [3.05, 3.63) is 42.1 Å². The molecule has 0 bridgehead atoms. The SMILES string of the molecule is COC(=O)c1[nH]nc2c(O)cc(SCCCCOc3ccccc3)c(O)c12. The van der Waals surface area contributed by atoms with E-state index >= 15 is 0 Å². The Bertz CT molecular complexity index is 927. The molecule has 0 atom stereocenters. The van der Waals surface area contributed by atoms with E-state index in [0.29, 0.717) is 11.5 Å². The number of unbranched alkanes of at least 4 members (excludes halogenated alkanes) is 1. The highest BCUT2D eigenvalue weighted by atomic mass is 32.2. The first-order chi connectivity index (χ1) is 13.1. The van der Waals surface area contributed by atoms with Gasteiger partial charge in [0.05, 0.1) is 24.0 Å². The number of carbonyl (C=O) groups excluding carboxylic acids is 1. The van der Waals surface area contributed by atoms with Gasteiger partial charge in [0.1, 0.15) is 22.8 Å². The van der Waals surface area contributed by atoms with Gasteiger partial charge in [-0.3, -0.25) is 5.10 Å². The number of phenols is 2. The summed E-state index contributed by atoms with van der Waals surface area (Å²) in [6.07, 6.45) is 1.72. The predicted molar refractivity (Wildman–Crippen MR) is 103 cm³/mol. The maximum Gasteiger partial charge on any atom is 0.356 e.